The van der Waals surface area contributed by atoms with Gasteiger partial charge in [0, 0.05) is 23.5 Å². The molecule has 2 heterocycles. The van der Waals surface area contributed by atoms with Crippen LogP contribution in [0.15, 0.2) is 60.7 Å². The molecule has 4 rings (SSSR count). The van der Waals surface area contributed by atoms with Crippen molar-refractivity contribution in [3.05, 3.63) is 83.4 Å². The molecule has 0 radical (unpaired) electrons. The number of aromatic nitrogens is 4. The second kappa shape index (κ2) is 6.76. The molecule has 0 unspecified atom stereocenters. The maximum Gasteiger partial charge on any atom is 0.129 e. The molecule has 0 N–H and O–H groups in total. The zero-order valence-corrected chi connectivity index (χ0v) is 16.0. The van der Waals surface area contributed by atoms with Gasteiger partial charge in [0.15, 0.2) is 0 Å². The highest BCUT2D eigenvalue weighted by Crippen LogP contribution is 2.26. The van der Waals surface area contributed by atoms with Crippen LogP contribution in [0.4, 0.5) is 0 Å². The molecule has 136 valence electrons. The molecule has 0 amide bonds. The van der Waals surface area contributed by atoms with Crippen molar-refractivity contribution in [2.24, 2.45) is 0 Å². The van der Waals surface area contributed by atoms with Crippen LogP contribution < -0.4 is 4.74 Å². The van der Waals surface area contributed by atoms with Crippen molar-refractivity contribution in [3.63, 3.8) is 0 Å². The van der Waals surface area contributed by atoms with Crippen LogP contribution >= 0.6 is 0 Å². The maximum atomic E-state index is 6.11. The first-order chi connectivity index (χ1) is 13.0. The van der Waals surface area contributed by atoms with Crippen molar-refractivity contribution < 1.29 is 4.74 Å². The number of hydrogen-bond acceptors (Lipinski definition) is 3. The minimum absolute atomic E-state index is 0.769. The molecule has 0 fully saturated rings. The Hall–Kier alpha value is -3.34. The summed E-state index contributed by atoms with van der Waals surface area (Å²) in [5.74, 6) is 1.54. The zero-order chi connectivity index (χ0) is 19.0. The SMILES string of the molecule is Cc1cc(C)n(-c2cccc(Oc3cccc(-n4nc(C)cc4C)c3)c2)n1. The number of benzene rings is 2. The van der Waals surface area contributed by atoms with E-state index >= 15 is 0 Å². The monoisotopic (exact) mass is 358 g/mol. The fourth-order valence-corrected chi connectivity index (χ4v) is 3.27. The highest BCUT2D eigenvalue weighted by Gasteiger charge is 2.08. The van der Waals surface area contributed by atoms with E-state index in [1.165, 1.54) is 0 Å². The highest BCUT2D eigenvalue weighted by molar-refractivity contribution is 5.45. The molecule has 0 aliphatic rings. The zero-order valence-electron chi connectivity index (χ0n) is 16.0. The minimum Gasteiger partial charge on any atom is -0.457 e. The predicted molar refractivity (Wildman–Crippen MR) is 106 cm³/mol. The van der Waals surface area contributed by atoms with E-state index in [1.54, 1.807) is 0 Å². The standard InChI is InChI=1S/C22H22N4O/c1-15-11-17(3)25(23-15)19-7-5-9-21(13-19)27-22-10-6-8-20(14-22)26-18(4)12-16(2)24-26/h5-14H,1-4H3. The molecular weight excluding hydrogens is 336 g/mol. The summed E-state index contributed by atoms with van der Waals surface area (Å²) in [6.45, 7) is 8.08. The second-order valence-electron chi connectivity index (χ2n) is 6.77. The van der Waals surface area contributed by atoms with Gasteiger partial charge in [0.05, 0.1) is 22.8 Å². The fraction of sp³-hybridized carbons (Fsp3) is 0.182. The largest absolute Gasteiger partial charge is 0.457 e. The highest BCUT2D eigenvalue weighted by atomic mass is 16.5. The van der Waals surface area contributed by atoms with Gasteiger partial charge < -0.3 is 4.74 Å². The Labute approximate surface area is 158 Å². The summed E-state index contributed by atoms with van der Waals surface area (Å²) >= 11 is 0. The van der Waals surface area contributed by atoms with E-state index in [9.17, 15) is 0 Å². The molecule has 27 heavy (non-hydrogen) atoms. The van der Waals surface area contributed by atoms with Crippen LogP contribution in [0.25, 0.3) is 11.4 Å². The number of ether oxygens (including phenoxy) is 1. The van der Waals surface area contributed by atoms with E-state index < -0.39 is 0 Å². The first kappa shape index (κ1) is 17.1. The molecule has 0 saturated heterocycles. The van der Waals surface area contributed by atoms with Crippen LogP contribution in [-0.4, -0.2) is 19.6 Å². The van der Waals surface area contributed by atoms with Crippen LogP contribution in [0.3, 0.4) is 0 Å². The average molecular weight is 358 g/mol. The Balaban J connectivity index is 1.63. The second-order valence-corrected chi connectivity index (χ2v) is 6.77. The van der Waals surface area contributed by atoms with Crippen molar-refractivity contribution in [2.75, 3.05) is 0 Å². The molecular formula is C22H22N4O. The van der Waals surface area contributed by atoms with Gasteiger partial charge in [-0.1, -0.05) is 12.1 Å². The summed E-state index contributed by atoms with van der Waals surface area (Å²) < 4.78 is 9.96. The molecule has 0 saturated carbocycles. The van der Waals surface area contributed by atoms with Crippen molar-refractivity contribution in [2.45, 2.75) is 27.7 Å². The molecule has 0 aliphatic heterocycles. The molecule has 2 aromatic carbocycles. The molecule has 0 atom stereocenters. The van der Waals surface area contributed by atoms with Gasteiger partial charge in [-0.2, -0.15) is 10.2 Å². The summed E-state index contributed by atoms with van der Waals surface area (Å²) in [6.07, 6.45) is 0. The third kappa shape index (κ3) is 3.49. The number of hydrogen-bond donors (Lipinski definition) is 0. The molecule has 2 aromatic heterocycles. The summed E-state index contributed by atoms with van der Waals surface area (Å²) in [7, 11) is 0. The summed E-state index contributed by atoms with van der Waals surface area (Å²) in [4.78, 5) is 0. The Bertz CT molecular complexity index is 1020. The van der Waals surface area contributed by atoms with Gasteiger partial charge in [-0.25, -0.2) is 9.36 Å². The molecule has 5 heteroatoms. The predicted octanol–water partition coefficient (Wildman–Crippen LogP) is 5.08. The van der Waals surface area contributed by atoms with Crippen molar-refractivity contribution >= 4 is 0 Å². The van der Waals surface area contributed by atoms with E-state index in [-0.39, 0.29) is 0 Å². The van der Waals surface area contributed by atoms with E-state index in [2.05, 4.69) is 22.3 Å². The number of nitrogens with zero attached hydrogens (tertiary/aromatic N) is 4. The smallest absolute Gasteiger partial charge is 0.129 e. The lowest BCUT2D eigenvalue weighted by Gasteiger charge is -2.11. The summed E-state index contributed by atoms with van der Waals surface area (Å²) in [6, 6.07) is 20.0. The maximum absolute atomic E-state index is 6.11. The molecule has 4 aromatic rings. The molecule has 5 nitrogen and oxygen atoms in total. The van der Waals surface area contributed by atoms with Gasteiger partial charge in [0.1, 0.15) is 11.5 Å². The van der Waals surface area contributed by atoms with E-state index in [0.29, 0.717) is 0 Å². The van der Waals surface area contributed by atoms with Gasteiger partial charge in [0.25, 0.3) is 0 Å². The quantitative estimate of drug-likeness (QED) is 0.511. The normalized spacial score (nSPS) is 11.0. The Morgan fingerprint density at radius 2 is 1.07 bits per heavy atom. The third-order valence-electron chi connectivity index (χ3n) is 4.38. The third-order valence-corrected chi connectivity index (χ3v) is 4.38. The van der Waals surface area contributed by atoms with Crippen molar-refractivity contribution in [1.82, 2.24) is 19.6 Å². The first-order valence-electron chi connectivity index (χ1n) is 8.95. The van der Waals surface area contributed by atoms with Crippen LogP contribution in [0.1, 0.15) is 22.8 Å². The van der Waals surface area contributed by atoms with Crippen LogP contribution in [0.5, 0.6) is 11.5 Å². The van der Waals surface area contributed by atoms with E-state index in [1.807, 2.05) is 85.6 Å². The Morgan fingerprint density at radius 1 is 0.630 bits per heavy atom. The van der Waals surface area contributed by atoms with E-state index in [0.717, 1.165) is 45.6 Å². The molecule has 0 bridgehead atoms. The lowest BCUT2D eigenvalue weighted by molar-refractivity contribution is 0.481. The van der Waals surface area contributed by atoms with Crippen LogP contribution in [-0.2, 0) is 0 Å². The number of aryl methyl sites for hydroxylation is 4. The fourth-order valence-electron chi connectivity index (χ4n) is 3.27. The van der Waals surface area contributed by atoms with Gasteiger partial charge in [-0.15, -0.1) is 0 Å². The average Bonchev–Trinajstić information content (AvgIpc) is 3.15. The van der Waals surface area contributed by atoms with Gasteiger partial charge in [0.2, 0.25) is 0 Å². The Morgan fingerprint density at radius 3 is 1.44 bits per heavy atom. The lowest BCUT2D eigenvalue weighted by Crippen LogP contribution is -2.00. The van der Waals surface area contributed by atoms with E-state index in [4.69, 9.17) is 4.74 Å². The van der Waals surface area contributed by atoms with Crippen LogP contribution in [0, 0.1) is 27.7 Å². The van der Waals surface area contributed by atoms with Gasteiger partial charge in [-0.3, -0.25) is 0 Å². The first-order valence-corrected chi connectivity index (χ1v) is 8.95. The number of rotatable bonds is 4. The Kier molecular flexibility index (Phi) is 4.28. The lowest BCUT2D eigenvalue weighted by atomic mass is 10.2. The topological polar surface area (TPSA) is 44.9 Å². The van der Waals surface area contributed by atoms with Crippen LogP contribution in [0.2, 0.25) is 0 Å². The molecule has 0 aliphatic carbocycles. The van der Waals surface area contributed by atoms with Crippen molar-refractivity contribution in [1.29, 1.82) is 0 Å². The van der Waals surface area contributed by atoms with Gasteiger partial charge in [-0.05, 0) is 64.1 Å². The van der Waals surface area contributed by atoms with Crippen molar-refractivity contribution in [3.8, 4) is 22.9 Å². The summed E-state index contributed by atoms with van der Waals surface area (Å²) in [5, 5.41) is 9.09. The minimum atomic E-state index is 0.769. The molecule has 0 spiro atoms. The van der Waals surface area contributed by atoms with Gasteiger partial charge >= 0.3 is 0 Å². The summed E-state index contributed by atoms with van der Waals surface area (Å²) in [5.41, 5.74) is 6.14.